The lowest BCUT2D eigenvalue weighted by molar-refractivity contribution is 0.0260. The maximum Gasteiger partial charge on any atom is 0.339 e. The summed E-state index contributed by atoms with van der Waals surface area (Å²) in [5, 5.41) is 11.4. The molecule has 0 saturated heterocycles. The predicted molar refractivity (Wildman–Crippen MR) is 150 cm³/mol. The second kappa shape index (κ2) is 11.9. The molecule has 6 nitrogen and oxygen atoms in total. The van der Waals surface area contributed by atoms with E-state index in [9.17, 15) is 9.90 Å². The van der Waals surface area contributed by atoms with E-state index in [2.05, 4.69) is 4.98 Å². The summed E-state index contributed by atoms with van der Waals surface area (Å²) in [7, 11) is 3.72. The monoisotopic (exact) mass is 516 g/mol. The molecule has 0 aliphatic heterocycles. The molecular formula is C30H29ClN2O4. The van der Waals surface area contributed by atoms with Crippen LogP contribution in [0, 0.1) is 0 Å². The average molecular weight is 517 g/mol. The molecule has 7 heteroatoms. The predicted octanol–water partition coefficient (Wildman–Crippen LogP) is 6.98. The molecule has 37 heavy (non-hydrogen) atoms. The van der Waals surface area contributed by atoms with E-state index in [1.54, 1.807) is 12.1 Å². The Bertz CT molecular complexity index is 1430. The van der Waals surface area contributed by atoms with Crippen LogP contribution in [-0.2, 0) is 4.74 Å². The Hall–Kier alpha value is -3.87. The Morgan fingerprint density at radius 3 is 2.62 bits per heavy atom. The smallest absolute Gasteiger partial charge is 0.339 e. The van der Waals surface area contributed by atoms with Crippen molar-refractivity contribution in [2.45, 2.75) is 13.0 Å². The lowest BCUT2D eigenvalue weighted by atomic mass is 10.1. The molecule has 190 valence electrons. The maximum absolute atomic E-state index is 11.8. The SMILES string of the molecule is CCOC(COc1ccc(N(C)C)cc1C(=O)O)c1cccc(/C=C/c2ccc3ccc(Cl)cc3n2)c1. The lowest BCUT2D eigenvalue weighted by Gasteiger charge is -2.20. The van der Waals surface area contributed by atoms with Crippen LogP contribution in [0.25, 0.3) is 23.1 Å². The molecule has 4 aromatic rings. The van der Waals surface area contributed by atoms with Gasteiger partial charge in [-0.1, -0.05) is 48.0 Å². The first-order chi connectivity index (χ1) is 17.8. The molecule has 1 unspecified atom stereocenters. The summed E-state index contributed by atoms with van der Waals surface area (Å²) in [6.45, 7) is 2.58. The van der Waals surface area contributed by atoms with Crippen molar-refractivity contribution in [2.75, 3.05) is 32.2 Å². The zero-order chi connectivity index (χ0) is 26.4. The number of fused-ring (bicyclic) bond motifs is 1. The van der Waals surface area contributed by atoms with E-state index >= 15 is 0 Å². The van der Waals surface area contributed by atoms with Crippen molar-refractivity contribution in [2.24, 2.45) is 0 Å². The Balaban J connectivity index is 1.52. The molecule has 1 N–H and O–H groups in total. The Kier molecular flexibility index (Phi) is 8.43. The molecule has 1 atom stereocenters. The zero-order valence-electron chi connectivity index (χ0n) is 21.0. The highest BCUT2D eigenvalue weighted by atomic mass is 35.5. The van der Waals surface area contributed by atoms with Crippen LogP contribution in [0.2, 0.25) is 5.02 Å². The third-order valence-corrected chi connectivity index (χ3v) is 6.11. The van der Waals surface area contributed by atoms with Crippen molar-refractivity contribution >= 4 is 46.3 Å². The number of carboxylic acid groups (broad SMARTS) is 1. The number of hydrogen-bond donors (Lipinski definition) is 1. The number of pyridine rings is 1. The molecule has 3 aromatic carbocycles. The number of nitrogens with zero attached hydrogens (tertiary/aromatic N) is 2. The van der Waals surface area contributed by atoms with Crippen molar-refractivity contribution in [1.29, 1.82) is 0 Å². The highest BCUT2D eigenvalue weighted by molar-refractivity contribution is 6.31. The van der Waals surface area contributed by atoms with E-state index in [1.807, 2.05) is 98.7 Å². The summed E-state index contributed by atoms with van der Waals surface area (Å²) in [6, 6.07) is 22.7. The Morgan fingerprint density at radius 2 is 1.86 bits per heavy atom. The summed E-state index contributed by atoms with van der Waals surface area (Å²) < 4.78 is 11.9. The van der Waals surface area contributed by atoms with E-state index in [4.69, 9.17) is 21.1 Å². The van der Waals surface area contributed by atoms with Gasteiger partial charge in [-0.15, -0.1) is 0 Å². The van der Waals surface area contributed by atoms with Crippen LogP contribution in [0.15, 0.2) is 72.8 Å². The van der Waals surface area contributed by atoms with Gasteiger partial charge in [-0.3, -0.25) is 0 Å². The van der Waals surface area contributed by atoms with Gasteiger partial charge in [0.2, 0.25) is 0 Å². The van der Waals surface area contributed by atoms with Gasteiger partial charge >= 0.3 is 5.97 Å². The fraction of sp³-hybridized carbons (Fsp3) is 0.200. The van der Waals surface area contributed by atoms with Crippen molar-refractivity contribution in [1.82, 2.24) is 4.98 Å². The molecule has 0 radical (unpaired) electrons. The number of carboxylic acids is 1. The van der Waals surface area contributed by atoms with Crippen LogP contribution in [0.3, 0.4) is 0 Å². The van der Waals surface area contributed by atoms with Gasteiger partial charge in [0.05, 0.1) is 11.2 Å². The number of rotatable bonds is 10. The Labute approximate surface area is 221 Å². The van der Waals surface area contributed by atoms with Gasteiger partial charge in [-0.05, 0) is 66.6 Å². The molecule has 4 rings (SSSR count). The fourth-order valence-electron chi connectivity index (χ4n) is 3.94. The quantitative estimate of drug-likeness (QED) is 0.245. The fourth-order valence-corrected chi connectivity index (χ4v) is 4.11. The van der Waals surface area contributed by atoms with Gasteiger partial charge in [0, 0.05) is 36.8 Å². The zero-order valence-corrected chi connectivity index (χ0v) is 21.8. The summed E-state index contributed by atoms with van der Waals surface area (Å²) >= 11 is 6.11. The van der Waals surface area contributed by atoms with E-state index < -0.39 is 5.97 Å². The minimum Gasteiger partial charge on any atom is -0.490 e. The van der Waals surface area contributed by atoms with E-state index in [1.165, 1.54) is 0 Å². The standard InChI is InChI=1S/C30H29ClN2O4/c1-4-36-29(19-37-28-15-14-25(33(2)3)18-26(28)30(34)35)22-7-5-6-20(16-22)8-12-24-13-10-21-9-11-23(31)17-27(21)32-24/h5-18,29H,4,19H2,1-3H3,(H,34,35)/b12-8+. The first kappa shape index (κ1) is 26.2. The van der Waals surface area contributed by atoms with E-state index in [-0.39, 0.29) is 18.3 Å². The van der Waals surface area contributed by atoms with Gasteiger partial charge < -0.3 is 19.5 Å². The van der Waals surface area contributed by atoms with E-state index in [0.717, 1.165) is 33.4 Å². The molecule has 1 heterocycles. The van der Waals surface area contributed by atoms with Gasteiger partial charge in [-0.25, -0.2) is 9.78 Å². The van der Waals surface area contributed by atoms with Crippen molar-refractivity contribution in [3.05, 3.63) is 100 Å². The van der Waals surface area contributed by atoms with E-state index in [0.29, 0.717) is 17.4 Å². The second-order valence-electron chi connectivity index (χ2n) is 8.71. The molecular weight excluding hydrogens is 488 g/mol. The number of halogens is 1. The molecule has 0 fully saturated rings. The highest BCUT2D eigenvalue weighted by Crippen LogP contribution is 2.27. The molecule has 0 bridgehead atoms. The first-order valence-corrected chi connectivity index (χ1v) is 12.3. The molecule has 0 spiro atoms. The highest BCUT2D eigenvalue weighted by Gasteiger charge is 2.17. The van der Waals surface area contributed by atoms with Crippen molar-refractivity contribution in [3.63, 3.8) is 0 Å². The summed E-state index contributed by atoms with van der Waals surface area (Å²) in [4.78, 5) is 18.3. The topological polar surface area (TPSA) is 71.9 Å². The average Bonchev–Trinajstić information content (AvgIpc) is 2.89. The Morgan fingerprint density at radius 1 is 1.05 bits per heavy atom. The largest absolute Gasteiger partial charge is 0.490 e. The number of ether oxygens (including phenoxy) is 2. The number of benzene rings is 3. The van der Waals surface area contributed by atoms with Gasteiger partial charge in [-0.2, -0.15) is 0 Å². The number of aromatic nitrogens is 1. The first-order valence-electron chi connectivity index (χ1n) is 12.0. The molecule has 1 aromatic heterocycles. The maximum atomic E-state index is 11.8. The normalized spacial score (nSPS) is 12.1. The van der Waals surface area contributed by atoms with Crippen LogP contribution in [0.4, 0.5) is 5.69 Å². The minimum absolute atomic E-state index is 0.113. The van der Waals surface area contributed by atoms with Crippen LogP contribution < -0.4 is 9.64 Å². The summed E-state index contributed by atoms with van der Waals surface area (Å²) in [5.74, 6) is -0.732. The second-order valence-corrected chi connectivity index (χ2v) is 9.15. The number of hydrogen-bond acceptors (Lipinski definition) is 5. The van der Waals surface area contributed by atoms with Crippen LogP contribution >= 0.6 is 11.6 Å². The summed E-state index contributed by atoms with van der Waals surface area (Å²) in [5.41, 5.74) is 4.49. The minimum atomic E-state index is -1.04. The molecule has 0 saturated carbocycles. The molecule has 0 aliphatic carbocycles. The molecule has 0 aliphatic rings. The third kappa shape index (κ3) is 6.67. The lowest BCUT2D eigenvalue weighted by Crippen LogP contribution is -2.16. The third-order valence-electron chi connectivity index (χ3n) is 5.87. The van der Waals surface area contributed by atoms with Gasteiger partial charge in [0.1, 0.15) is 24.0 Å². The van der Waals surface area contributed by atoms with Crippen molar-refractivity contribution in [3.8, 4) is 5.75 Å². The summed E-state index contributed by atoms with van der Waals surface area (Å²) in [6.07, 6.45) is 3.58. The molecule has 0 amide bonds. The van der Waals surface area contributed by atoms with Crippen LogP contribution in [0.1, 0.15) is 40.2 Å². The number of anilines is 1. The van der Waals surface area contributed by atoms with Crippen LogP contribution in [0.5, 0.6) is 5.75 Å². The van der Waals surface area contributed by atoms with Gasteiger partial charge in [0.15, 0.2) is 0 Å². The van der Waals surface area contributed by atoms with Crippen LogP contribution in [-0.4, -0.2) is 43.4 Å². The number of aromatic carboxylic acids is 1. The van der Waals surface area contributed by atoms with Gasteiger partial charge in [0.25, 0.3) is 0 Å². The van der Waals surface area contributed by atoms with Crippen molar-refractivity contribution < 1.29 is 19.4 Å². The number of carbonyl (C=O) groups is 1.